The molecule has 42 heavy (non-hydrogen) atoms. The first-order valence-corrected chi connectivity index (χ1v) is 14.1. The number of carbonyl (C=O) groups excluding carboxylic acids is 1. The van der Waals surface area contributed by atoms with E-state index in [1.165, 1.54) is 12.1 Å². The quantitative estimate of drug-likeness (QED) is 0.243. The van der Waals surface area contributed by atoms with Gasteiger partial charge in [0.25, 0.3) is 0 Å². The van der Waals surface area contributed by atoms with Gasteiger partial charge in [0.2, 0.25) is 0 Å². The number of nitrogens with zero attached hydrogens (tertiary/aromatic N) is 4. The van der Waals surface area contributed by atoms with Crippen LogP contribution in [0.3, 0.4) is 0 Å². The van der Waals surface area contributed by atoms with Crippen molar-refractivity contribution < 1.29 is 18.3 Å². The summed E-state index contributed by atoms with van der Waals surface area (Å²) in [6.45, 7) is 11.5. The van der Waals surface area contributed by atoms with Gasteiger partial charge in [0.05, 0.1) is 23.7 Å². The van der Waals surface area contributed by atoms with Crippen molar-refractivity contribution in [3.63, 3.8) is 0 Å². The second kappa shape index (κ2) is 11.8. The summed E-state index contributed by atoms with van der Waals surface area (Å²) in [5, 5.41) is 7.33. The van der Waals surface area contributed by atoms with E-state index >= 15 is 8.78 Å². The van der Waals surface area contributed by atoms with Crippen LogP contribution in [0.2, 0.25) is 0 Å². The number of amides is 2. The molecule has 0 radical (unpaired) electrons. The number of rotatable bonds is 8. The minimum absolute atomic E-state index is 0.0267. The van der Waals surface area contributed by atoms with Crippen LogP contribution in [0.5, 0.6) is 5.75 Å². The lowest BCUT2D eigenvalue weighted by Gasteiger charge is -2.28. The first kappa shape index (κ1) is 29.0. The summed E-state index contributed by atoms with van der Waals surface area (Å²) in [4.78, 5) is 17.8. The van der Waals surface area contributed by atoms with Crippen molar-refractivity contribution in [1.29, 1.82) is 0 Å². The van der Waals surface area contributed by atoms with Crippen molar-refractivity contribution in [2.45, 2.75) is 53.5 Å². The maximum atomic E-state index is 15.3. The van der Waals surface area contributed by atoms with E-state index in [2.05, 4.69) is 24.1 Å². The minimum Gasteiger partial charge on any atom is -0.491 e. The molecule has 1 aliphatic rings. The highest BCUT2D eigenvalue weighted by molar-refractivity contribution is 5.88. The molecule has 0 bridgehead atoms. The van der Waals surface area contributed by atoms with E-state index < -0.39 is 11.8 Å². The van der Waals surface area contributed by atoms with E-state index in [0.29, 0.717) is 49.0 Å². The maximum absolute atomic E-state index is 15.3. The summed E-state index contributed by atoms with van der Waals surface area (Å²) >= 11 is 0. The average molecular weight is 575 g/mol. The number of nitrogens with two attached hydrogens (primary N) is 1. The zero-order valence-electron chi connectivity index (χ0n) is 24.5. The van der Waals surface area contributed by atoms with Gasteiger partial charge >= 0.3 is 6.03 Å². The second-order valence-electron chi connectivity index (χ2n) is 11.4. The Hall–Kier alpha value is -4.47. The third-order valence-corrected chi connectivity index (χ3v) is 7.33. The van der Waals surface area contributed by atoms with Crippen molar-refractivity contribution in [2.75, 3.05) is 23.4 Å². The number of primary amides is 1. The molecule has 8 nitrogen and oxygen atoms in total. The van der Waals surface area contributed by atoms with Gasteiger partial charge in [0.15, 0.2) is 11.6 Å². The molecule has 2 aromatic heterocycles. The lowest BCUT2D eigenvalue weighted by molar-refractivity contribution is 0.259. The zero-order valence-corrected chi connectivity index (χ0v) is 24.5. The smallest absolute Gasteiger partial charge is 0.316 e. The van der Waals surface area contributed by atoms with E-state index in [4.69, 9.17) is 15.6 Å². The fraction of sp³-hybridized carbons (Fsp3) is 0.344. The highest BCUT2D eigenvalue weighted by atomic mass is 19.1. The van der Waals surface area contributed by atoms with Crippen molar-refractivity contribution in [2.24, 2.45) is 11.7 Å². The molecular weight excluding hydrogens is 538 g/mol. The van der Waals surface area contributed by atoms with Gasteiger partial charge in [-0.1, -0.05) is 45.9 Å². The Kier molecular flexibility index (Phi) is 8.15. The Morgan fingerprint density at radius 1 is 1.12 bits per heavy atom. The Labute approximate surface area is 244 Å². The largest absolute Gasteiger partial charge is 0.491 e. The molecule has 0 unspecified atom stereocenters. The molecule has 0 spiro atoms. The standard InChI is InChI=1S/C32H36F2N6O2/c1-18(2)17-42-28-8-6-7-20(5)29(28)40-30(21-9-10-27(24(33)13-21)37-32(35)41)23-16-39(12-11-26(23)38-40)31-25(34)14-22(15-36-31)19(3)4/h6-10,13-15,18-19H,11-12,16-17H2,1-5H3,(H3,35,37,41). The lowest BCUT2D eigenvalue weighted by Crippen LogP contribution is -2.31. The number of ether oxygens (including phenoxy) is 1. The molecule has 0 saturated carbocycles. The predicted octanol–water partition coefficient (Wildman–Crippen LogP) is 6.73. The highest BCUT2D eigenvalue weighted by Gasteiger charge is 2.30. The van der Waals surface area contributed by atoms with Crippen molar-refractivity contribution in [3.8, 4) is 22.7 Å². The van der Waals surface area contributed by atoms with Crippen molar-refractivity contribution in [3.05, 3.63) is 82.7 Å². The number of halogens is 2. The van der Waals surface area contributed by atoms with Gasteiger partial charge in [-0.3, -0.25) is 0 Å². The van der Waals surface area contributed by atoms with Crippen LogP contribution < -0.4 is 20.7 Å². The number of benzene rings is 2. The van der Waals surface area contributed by atoms with Crippen LogP contribution >= 0.6 is 0 Å². The molecular formula is C32H36F2N6O2. The fourth-order valence-electron chi connectivity index (χ4n) is 5.18. The molecule has 2 aromatic carbocycles. The average Bonchev–Trinajstić information content (AvgIpc) is 3.30. The predicted molar refractivity (Wildman–Crippen MR) is 160 cm³/mol. The summed E-state index contributed by atoms with van der Waals surface area (Å²) in [7, 11) is 0. The molecule has 0 aliphatic carbocycles. The summed E-state index contributed by atoms with van der Waals surface area (Å²) in [6.07, 6.45) is 2.26. The molecule has 2 amide bonds. The van der Waals surface area contributed by atoms with E-state index in [1.807, 2.05) is 43.9 Å². The number of urea groups is 1. The van der Waals surface area contributed by atoms with E-state index in [0.717, 1.165) is 28.1 Å². The number of hydrogen-bond donors (Lipinski definition) is 2. The number of aryl methyl sites for hydroxylation is 1. The van der Waals surface area contributed by atoms with Gasteiger partial charge in [-0.15, -0.1) is 0 Å². The summed E-state index contributed by atoms with van der Waals surface area (Å²) in [5.41, 5.74) is 10.6. The minimum atomic E-state index is -0.857. The van der Waals surface area contributed by atoms with Crippen LogP contribution in [0, 0.1) is 24.5 Å². The highest BCUT2D eigenvalue weighted by Crippen LogP contribution is 2.39. The third-order valence-electron chi connectivity index (χ3n) is 7.33. The van der Waals surface area contributed by atoms with Crippen LogP contribution in [-0.2, 0) is 13.0 Å². The lowest BCUT2D eigenvalue weighted by atomic mass is 9.99. The third kappa shape index (κ3) is 5.79. The van der Waals surface area contributed by atoms with Crippen LogP contribution in [-0.4, -0.2) is 33.9 Å². The van der Waals surface area contributed by atoms with E-state index in [-0.39, 0.29) is 23.2 Å². The molecule has 0 saturated heterocycles. The Morgan fingerprint density at radius 2 is 1.90 bits per heavy atom. The Morgan fingerprint density at radius 3 is 2.57 bits per heavy atom. The molecule has 1 aliphatic heterocycles. The molecule has 10 heteroatoms. The maximum Gasteiger partial charge on any atom is 0.316 e. The number of fused-ring (bicyclic) bond motifs is 1. The zero-order chi connectivity index (χ0) is 30.1. The van der Waals surface area contributed by atoms with Crippen LogP contribution in [0.1, 0.15) is 56.0 Å². The number of nitrogens with one attached hydrogen (secondary N) is 1. The van der Waals surface area contributed by atoms with Crippen LogP contribution in [0.4, 0.5) is 25.1 Å². The molecule has 220 valence electrons. The topological polar surface area (TPSA) is 98.3 Å². The van der Waals surface area contributed by atoms with Gasteiger partial charge in [0, 0.05) is 36.8 Å². The number of para-hydroxylation sites is 1. The van der Waals surface area contributed by atoms with Gasteiger partial charge in [-0.2, -0.15) is 5.10 Å². The summed E-state index contributed by atoms with van der Waals surface area (Å²) in [6, 6.07) is 11.0. The second-order valence-corrected chi connectivity index (χ2v) is 11.4. The summed E-state index contributed by atoms with van der Waals surface area (Å²) < 4.78 is 38.5. The molecule has 5 rings (SSSR count). The van der Waals surface area contributed by atoms with Gasteiger partial charge in [0.1, 0.15) is 17.3 Å². The van der Waals surface area contributed by atoms with Crippen molar-refractivity contribution in [1.82, 2.24) is 14.8 Å². The molecule has 0 fully saturated rings. The fourth-order valence-corrected chi connectivity index (χ4v) is 5.18. The molecule has 0 atom stereocenters. The number of anilines is 2. The monoisotopic (exact) mass is 574 g/mol. The SMILES string of the molecule is Cc1cccc(OCC(C)C)c1-n1nc2c(c1-c1ccc(NC(N)=O)c(F)c1)CN(c1ncc(C(C)C)cc1F)CC2. The number of carbonyl (C=O) groups is 1. The van der Waals surface area contributed by atoms with Crippen LogP contribution in [0.15, 0.2) is 48.7 Å². The number of pyridine rings is 1. The number of aromatic nitrogens is 3. The first-order chi connectivity index (χ1) is 20.0. The normalized spacial score (nSPS) is 13.0. The number of hydrogen-bond acceptors (Lipinski definition) is 5. The van der Waals surface area contributed by atoms with Crippen LogP contribution in [0.25, 0.3) is 16.9 Å². The van der Waals surface area contributed by atoms with Gasteiger partial charge < -0.3 is 20.7 Å². The van der Waals surface area contributed by atoms with E-state index in [9.17, 15) is 4.79 Å². The van der Waals surface area contributed by atoms with Gasteiger partial charge in [-0.05, 0) is 54.2 Å². The van der Waals surface area contributed by atoms with Gasteiger partial charge in [-0.25, -0.2) is 23.2 Å². The summed E-state index contributed by atoms with van der Waals surface area (Å²) in [5.74, 6) is 0.371. The molecule has 3 N–H and O–H groups in total. The first-order valence-electron chi connectivity index (χ1n) is 14.1. The molecule has 4 aromatic rings. The Balaban J connectivity index is 1.66. The van der Waals surface area contributed by atoms with E-state index in [1.54, 1.807) is 23.0 Å². The van der Waals surface area contributed by atoms with Crippen molar-refractivity contribution >= 4 is 17.5 Å². The Bertz CT molecular complexity index is 1630. The molecule has 3 heterocycles.